The Morgan fingerprint density at radius 3 is 2.37 bits per heavy atom. The molecule has 0 bridgehead atoms. The fourth-order valence-electron chi connectivity index (χ4n) is 9.01. The molecule has 9 nitrogen and oxygen atoms in total. The monoisotopic (exact) mass is 739 g/mol. The number of nitrogens with zero attached hydrogens (tertiary/aromatic N) is 3. The third-order valence-electron chi connectivity index (χ3n) is 11.5. The molecule has 292 valence electrons. The second kappa shape index (κ2) is 20.1. The highest BCUT2D eigenvalue weighted by molar-refractivity contribution is 5.87. The van der Waals surface area contributed by atoms with Crippen LogP contribution in [0.2, 0.25) is 0 Å². The molecule has 0 aliphatic heterocycles. The Morgan fingerprint density at radius 1 is 0.963 bits per heavy atom. The van der Waals surface area contributed by atoms with Crippen LogP contribution >= 0.6 is 0 Å². The number of carbonyl (C=O) groups excluding carboxylic acids is 1. The number of aliphatic hydroxyl groups excluding tert-OH is 2. The van der Waals surface area contributed by atoms with Gasteiger partial charge in [0.15, 0.2) is 6.29 Å². The summed E-state index contributed by atoms with van der Waals surface area (Å²) in [4.78, 5) is 13.5. The summed E-state index contributed by atoms with van der Waals surface area (Å²) < 4.78 is 18.3. The van der Waals surface area contributed by atoms with Gasteiger partial charge in [0.05, 0.1) is 19.4 Å². The average Bonchev–Trinajstić information content (AvgIpc) is 3.76. The van der Waals surface area contributed by atoms with Gasteiger partial charge in [0.25, 0.3) is 0 Å². The lowest BCUT2D eigenvalue weighted by molar-refractivity contribution is -0.129. The molecule has 9 heteroatoms. The van der Waals surface area contributed by atoms with Crippen LogP contribution in [0.5, 0.6) is 5.75 Å². The molecule has 4 aromatic rings. The van der Waals surface area contributed by atoms with Crippen molar-refractivity contribution in [2.45, 2.75) is 105 Å². The third-order valence-corrected chi connectivity index (χ3v) is 11.5. The first kappa shape index (κ1) is 41.3. The van der Waals surface area contributed by atoms with E-state index < -0.39 is 0 Å². The Labute approximate surface area is 322 Å². The predicted molar refractivity (Wildman–Crippen MR) is 212 cm³/mol. The predicted octanol–water partition coefficient (Wildman–Crippen LogP) is 8.34. The summed E-state index contributed by atoms with van der Waals surface area (Å²) in [6, 6.07) is 25.6. The summed E-state index contributed by atoms with van der Waals surface area (Å²) in [5, 5.41) is 24.1. The summed E-state index contributed by atoms with van der Waals surface area (Å²) in [7, 11) is 0. The normalized spacial score (nSPS) is 22.6. The first-order valence-electron chi connectivity index (χ1n) is 20.0. The van der Waals surface area contributed by atoms with Gasteiger partial charge in [0.1, 0.15) is 23.8 Å². The van der Waals surface area contributed by atoms with Gasteiger partial charge in [-0.1, -0.05) is 78.4 Å². The summed E-state index contributed by atoms with van der Waals surface area (Å²) >= 11 is 0. The van der Waals surface area contributed by atoms with Crippen molar-refractivity contribution in [2.24, 2.45) is 23.2 Å². The van der Waals surface area contributed by atoms with Gasteiger partial charge in [0, 0.05) is 37.2 Å². The van der Waals surface area contributed by atoms with Crippen LogP contribution in [0.3, 0.4) is 0 Å². The van der Waals surface area contributed by atoms with Crippen LogP contribution in [0.4, 0.5) is 0 Å². The molecule has 2 saturated carbocycles. The quantitative estimate of drug-likeness (QED) is 0.132. The first-order chi connectivity index (χ1) is 26.2. The van der Waals surface area contributed by atoms with E-state index in [2.05, 4.69) is 97.1 Å². The molecule has 0 saturated heterocycles. The van der Waals surface area contributed by atoms with Crippen LogP contribution in [-0.4, -0.2) is 63.7 Å². The van der Waals surface area contributed by atoms with Crippen molar-refractivity contribution in [3.63, 3.8) is 0 Å². The molecule has 54 heavy (non-hydrogen) atoms. The molecule has 3 aromatic carbocycles. The number of aromatic nitrogens is 3. The molecule has 0 spiro atoms. The van der Waals surface area contributed by atoms with Crippen molar-refractivity contribution in [1.29, 1.82) is 0 Å². The third kappa shape index (κ3) is 10.4. The van der Waals surface area contributed by atoms with E-state index in [1.807, 2.05) is 31.5 Å². The summed E-state index contributed by atoms with van der Waals surface area (Å²) in [6.45, 7) is 12.8. The lowest BCUT2D eigenvalue weighted by atomic mass is 9.54. The minimum absolute atomic E-state index is 0.0370. The molecule has 2 fully saturated rings. The molecule has 5 atom stereocenters. The summed E-state index contributed by atoms with van der Waals surface area (Å²) in [5.41, 5.74) is 7.25. The summed E-state index contributed by atoms with van der Waals surface area (Å²) in [6.07, 6.45) is 9.25. The summed E-state index contributed by atoms with van der Waals surface area (Å²) in [5.74, 6) is 3.55. The van der Waals surface area contributed by atoms with E-state index in [4.69, 9.17) is 24.4 Å². The molecule has 0 radical (unpaired) electrons. The van der Waals surface area contributed by atoms with Crippen LogP contribution in [0.1, 0.15) is 94.4 Å². The van der Waals surface area contributed by atoms with Crippen molar-refractivity contribution < 1.29 is 29.2 Å². The number of aryl methyl sites for hydroxylation is 3. The standard InChI is InChI=1S/C37H41N3O2.C6H14O2.C2H6O2/c1-25-10-12-27(13-11-25)34-23-40(39-38-34)20-6-9-29-22-35(41)37(2)19-18-32-31-17-15-30(42-24-26-7-4-3-5-8-26)21-28(31)14-16-33(32)36(29)37;1-4-7-6(3)8-5-2;3-1-2-4/h3-5,7-8,10-13,15,17,21,23,29,32-33,36H,6,9,14,16,18-20,22,24H2,1-2H3;6H,4-5H2,1-3H3;3-4H,1-2H2. The van der Waals surface area contributed by atoms with E-state index in [1.54, 1.807) is 0 Å². The largest absolute Gasteiger partial charge is 0.489 e. The van der Waals surface area contributed by atoms with Crippen LogP contribution in [0.15, 0.2) is 79.0 Å². The molecule has 0 amide bonds. The molecule has 5 unspecified atom stereocenters. The molecular formula is C45H61N3O6. The Morgan fingerprint density at radius 2 is 1.69 bits per heavy atom. The number of hydrogen-bond donors (Lipinski definition) is 2. The van der Waals surface area contributed by atoms with Gasteiger partial charge < -0.3 is 24.4 Å². The number of benzene rings is 3. The van der Waals surface area contributed by atoms with Gasteiger partial charge in [-0.15, -0.1) is 5.10 Å². The minimum Gasteiger partial charge on any atom is -0.489 e. The first-order valence-corrected chi connectivity index (χ1v) is 20.0. The molecule has 2 N–H and O–H groups in total. The topological polar surface area (TPSA) is 116 Å². The number of fused-ring (bicyclic) bond motifs is 5. The molecule has 3 aliphatic carbocycles. The lowest BCUT2D eigenvalue weighted by Gasteiger charge is -2.50. The highest BCUT2D eigenvalue weighted by Gasteiger charge is 2.58. The Hall–Kier alpha value is -3.89. The van der Waals surface area contributed by atoms with Crippen molar-refractivity contribution in [1.82, 2.24) is 15.0 Å². The maximum atomic E-state index is 13.5. The lowest BCUT2D eigenvalue weighted by Crippen LogP contribution is -2.44. The van der Waals surface area contributed by atoms with Gasteiger partial charge in [-0.25, -0.2) is 0 Å². The highest BCUT2D eigenvalue weighted by atomic mass is 16.7. The van der Waals surface area contributed by atoms with Gasteiger partial charge in [-0.2, -0.15) is 0 Å². The van der Waals surface area contributed by atoms with E-state index in [0.29, 0.717) is 36.1 Å². The minimum atomic E-state index is -0.159. The zero-order valence-corrected chi connectivity index (χ0v) is 33.0. The fraction of sp³-hybridized carbons (Fsp3) is 0.533. The molecule has 1 aromatic heterocycles. The van der Waals surface area contributed by atoms with E-state index in [0.717, 1.165) is 75.3 Å². The smallest absolute Gasteiger partial charge is 0.154 e. The number of hydrogen-bond acceptors (Lipinski definition) is 8. The Balaban J connectivity index is 0.000000407. The van der Waals surface area contributed by atoms with Crippen molar-refractivity contribution in [3.05, 3.63) is 101 Å². The number of ketones is 1. The van der Waals surface area contributed by atoms with E-state index in [9.17, 15) is 4.79 Å². The van der Waals surface area contributed by atoms with Crippen LogP contribution in [-0.2, 0) is 33.8 Å². The SMILES string of the molecule is CCOC(C)OCC.Cc1ccc(-c2cn(CCCC3CC(=O)C4(C)CCC5c6ccc(OCc7ccccc7)cc6CCC5C34)nn2)cc1.OCCO. The van der Waals surface area contributed by atoms with E-state index in [1.165, 1.54) is 28.7 Å². The van der Waals surface area contributed by atoms with Crippen LogP contribution in [0, 0.1) is 30.1 Å². The van der Waals surface area contributed by atoms with Crippen LogP contribution < -0.4 is 4.74 Å². The second-order valence-electron chi connectivity index (χ2n) is 15.1. The molecular weight excluding hydrogens is 679 g/mol. The number of rotatable bonds is 13. The van der Waals surface area contributed by atoms with Gasteiger partial charge >= 0.3 is 0 Å². The Bertz CT molecular complexity index is 1720. The van der Waals surface area contributed by atoms with Gasteiger partial charge in [-0.3, -0.25) is 9.48 Å². The second-order valence-corrected chi connectivity index (χ2v) is 15.1. The Kier molecular flexibility index (Phi) is 15.4. The number of carbonyl (C=O) groups is 1. The maximum Gasteiger partial charge on any atom is 0.154 e. The average molecular weight is 740 g/mol. The van der Waals surface area contributed by atoms with Crippen LogP contribution in [0.25, 0.3) is 11.3 Å². The van der Waals surface area contributed by atoms with Gasteiger partial charge in [-0.05, 0) is 119 Å². The zero-order valence-electron chi connectivity index (χ0n) is 33.0. The van der Waals surface area contributed by atoms with E-state index in [-0.39, 0.29) is 24.9 Å². The zero-order chi connectivity index (χ0) is 38.5. The maximum absolute atomic E-state index is 13.5. The number of ether oxygens (including phenoxy) is 3. The van der Waals surface area contributed by atoms with Crippen molar-refractivity contribution >= 4 is 5.78 Å². The molecule has 1 heterocycles. The van der Waals surface area contributed by atoms with Crippen molar-refractivity contribution in [3.8, 4) is 17.0 Å². The highest BCUT2D eigenvalue weighted by Crippen LogP contribution is 2.62. The molecule has 3 aliphatic rings. The molecule has 7 rings (SSSR count). The fourth-order valence-corrected chi connectivity index (χ4v) is 9.01. The number of aliphatic hydroxyl groups is 2. The van der Waals surface area contributed by atoms with Gasteiger partial charge in [0.2, 0.25) is 0 Å². The number of Topliss-reactive ketones (excluding diaryl/α,β-unsaturated/α-hetero) is 1. The van der Waals surface area contributed by atoms with E-state index >= 15 is 0 Å². The van der Waals surface area contributed by atoms with Crippen molar-refractivity contribution in [2.75, 3.05) is 26.4 Å².